The summed E-state index contributed by atoms with van der Waals surface area (Å²) in [4.78, 5) is 104. The molecule has 10 aromatic carbocycles. The number of ether oxygens (including phenoxy) is 1. The van der Waals surface area contributed by atoms with Crippen LogP contribution in [0, 0.1) is 0 Å². The van der Waals surface area contributed by atoms with Gasteiger partial charge < -0.3 is 49.5 Å². The van der Waals surface area contributed by atoms with Crippen molar-refractivity contribution in [3.05, 3.63) is 332 Å². The van der Waals surface area contributed by atoms with E-state index in [1.54, 1.807) is 7.11 Å². The molecule has 0 radical (unpaired) electrons. The Labute approximate surface area is 763 Å². The summed E-state index contributed by atoms with van der Waals surface area (Å²) in [7, 11) is 3.45. The first kappa shape index (κ1) is 86.0. The number of aliphatic imine (C=N–C) groups is 5. The van der Waals surface area contributed by atoms with Crippen molar-refractivity contribution in [3.63, 3.8) is 0 Å². The van der Waals surface area contributed by atoms with Gasteiger partial charge in [-0.15, -0.1) is 0 Å². The summed E-state index contributed by atoms with van der Waals surface area (Å²) < 4.78 is 19.8. The van der Waals surface area contributed by atoms with Crippen LogP contribution in [0.15, 0.2) is 268 Å². The highest BCUT2D eigenvalue weighted by Crippen LogP contribution is 2.39. The number of fused-ring (bicyclic) bond motifs is 8. The van der Waals surface area contributed by atoms with Gasteiger partial charge in [0.15, 0.2) is 0 Å². The number of carbonyl (C=O) groups excluding carboxylic acids is 5. The zero-order chi connectivity index (χ0) is 90.0. The normalized spacial score (nSPS) is 18.6. The van der Waals surface area contributed by atoms with Gasteiger partial charge in [0.2, 0.25) is 23.6 Å². The molecule has 23 rings (SSSR count). The van der Waals surface area contributed by atoms with Gasteiger partial charge in [0.05, 0.1) is 85.5 Å². The molecule has 3 aromatic heterocycles. The number of hydrogen-bond donors (Lipinski definition) is 4. The highest BCUT2D eigenvalue weighted by atomic mass is 32.2. The van der Waals surface area contributed by atoms with E-state index in [1.807, 2.05) is 158 Å². The molecule has 10 aliphatic rings. The van der Waals surface area contributed by atoms with Gasteiger partial charge in [0.1, 0.15) is 5.75 Å². The lowest BCUT2D eigenvalue weighted by Crippen LogP contribution is -2.31. The summed E-state index contributed by atoms with van der Waals surface area (Å²) in [5.41, 5.74) is 30.7. The molecule has 3 atom stereocenters. The lowest BCUT2D eigenvalue weighted by atomic mass is 10.0. The van der Waals surface area contributed by atoms with Crippen molar-refractivity contribution in [1.82, 2.24) is 25.2 Å². The Bertz CT molecular complexity index is 6760. The van der Waals surface area contributed by atoms with Crippen LogP contribution < -0.4 is 34.0 Å². The van der Waals surface area contributed by atoms with Crippen LogP contribution in [0.5, 0.6) is 5.75 Å². The van der Waals surface area contributed by atoms with E-state index >= 15 is 0 Å². The molecule has 0 aliphatic carbocycles. The van der Waals surface area contributed by atoms with Crippen LogP contribution in [-0.2, 0) is 61.6 Å². The number of aromatic amines is 3. The number of H-pyrrole nitrogens is 3. The lowest BCUT2D eigenvalue weighted by molar-refractivity contribution is -0.118. The fraction of sp³-hybridized carbons (Fsp3) is 0.250. The molecule has 0 spiro atoms. The smallest absolute Gasteiger partial charge is 0.251 e. The fourth-order valence-corrected chi connectivity index (χ4v) is 20.7. The zero-order valence-corrected chi connectivity index (χ0v) is 75.3. The van der Waals surface area contributed by atoms with Crippen molar-refractivity contribution >= 4 is 147 Å². The van der Waals surface area contributed by atoms with Crippen LogP contribution in [0.1, 0.15) is 166 Å². The summed E-state index contributed by atoms with van der Waals surface area (Å²) in [6, 6.07) is 78.5. The SMILES string of the molecule is C=S1(=O)CCCN1c1ccc2c(c1)C(c1cc3ccccc3[nH]1)=NC2.CN(C)CCNC(=O)c1ccc(/C=C/C2=NCc3ccc(N4CCCC4=O)cc32)cc1.COc1ccc(/C=C/C2=NCc3ccc(N4CCCC4=O)cc32)cc1.C[C@@H]1CCC(=O)N1c1ccc2c(c1)C(c1cc3ccccc3[nH]1)=NC2.C[C@H]1CCC(=O)N1c1ccc2c(c1)C(c1cc3ccccc3[nH]1)=NC2. The predicted molar refractivity (Wildman–Crippen MR) is 532 cm³/mol. The van der Waals surface area contributed by atoms with Crippen LogP contribution in [0.4, 0.5) is 28.4 Å². The number of para-hydroxylation sites is 3. The molecule has 660 valence electrons. The van der Waals surface area contributed by atoms with Crippen LogP contribution in [0.3, 0.4) is 0 Å². The first-order chi connectivity index (χ1) is 63.8. The molecule has 23 heteroatoms. The second-order valence-corrected chi connectivity index (χ2v) is 37.5. The average molecular weight is 1760 g/mol. The van der Waals surface area contributed by atoms with Gasteiger partial charge in [-0.3, -0.25) is 53.2 Å². The van der Waals surface area contributed by atoms with E-state index in [9.17, 15) is 28.2 Å². The minimum absolute atomic E-state index is 0.0598. The number of likely N-dealkylation sites (N-methyl/N-ethyl adjacent to an activating group) is 1. The molecule has 5 amide bonds. The second-order valence-electron chi connectivity index (χ2n) is 35.1. The van der Waals surface area contributed by atoms with Gasteiger partial charge in [-0.1, -0.05) is 121 Å². The number of nitrogens with zero attached hydrogens (tertiary/aromatic N) is 11. The maximum absolute atomic E-state index is 12.7. The Morgan fingerprint density at radius 3 is 1.22 bits per heavy atom. The maximum atomic E-state index is 12.7. The first-order valence-electron chi connectivity index (χ1n) is 45.3. The van der Waals surface area contributed by atoms with Crippen LogP contribution >= 0.6 is 0 Å². The highest BCUT2D eigenvalue weighted by molar-refractivity contribution is 8.01. The molecule has 13 aromatic rings. The van der Waals surface area contributed by atoms with E-state index < -0.39 is 9.71 Å². The fourth-order valence-electron chi connectivity index (χ4n) is 18.9. The first-order valence-corrected chi connectivity index (χ1v) is 47.2. The Balaban J connectivity index is 0.000000106. The number of anilines is 5. The number of nitrogens with one attached hydrogen (secondary N) is 4. The van der Waals surface area contributed by atoms with E-state index in [0.29, 0.717) is 76.3 Å². The van der Waals surface area contributed by atoms with Crippen molar-refractivity contribution in [2.24, 2.45) is 25.0 Å². The molecule has 13 heterocycles. The maximum Gasteiger partial charge on any atom is 0.251 e. The summed E-state index contributed by atoms with van der Waals surface area (Å²) in [6.45, 7) is 11.5. The van der Waals surface area contributed by atoms with E-state index in [1.165, 1.54) is 44.0 Å². The average Bonchev–Trinajstić information content (AvgIpc) is 1.62. The van der Waals surface area contributed by atoms with Crippen molar-refractivity contribution in [1.29, 1.82) is 0 Å². The summed E-state index contributed by atoms with van der Waals surface area (Å²) in [5.74, 6) is 6.25. The molecule has 0 bridgehead atoms. The number of allylic oxidation sites excluding steroid dienone is 2. The molecule has 1 unspecified atom stereocenters. The van der Waals surface area contributed by atoms with Crippen molar-refractivity contribution in [2.75, 3.05) is 83.6 Å². The summed E-state index contributed by atoms with van der Waals surface area (Å²) >= 11 is 0. The van der Waals surface area contributed by atoms with Gasteiger partial charge in [-0.25, -0.2) is 4.21 Å². The van der Waals surface area contributed by atoms with Crippen molar-refractivity contribution in [2.45, 2.75) is 116 Å². The standard InChI is InChI=1S/C25H28N4O2.2C21H19N3O.C21H20N2O2.C20H19N3OS/c1-28(2)15-13-26-25(31)19-8-5-18(6-9-19)7-12-23-22-16-21(11-10-20(22)17-27-23)29-14-3-4-24(29)30;2*1-13-6-9-20(25)24(13)16-8-7-15-12-22-21(17(15)11-16)19-10-14-4-2-3-5-18(14)23-19;1-25-18-9-4-15(5-10-18)6-11-20-19-13-17(8-7-16(19)14-22-20)23-12-2-3-21(23)24;1-25(24)10-4-9-23(25)16-8-7-15-13-21-20(17(15)12-16)19-11-14-5-2-3-6-18(14)22-19/h5-12,16H,3-4,13-15,17H2,1-2H3,(H,26,31);2*2-5,7-8,10-11,13,23H,6,9,12H2,1H3;4-11,13H,2-3,12,14H2,1H3;2-3,5-8,11-12,22H,1,4,9-10,13H2/b12-7+;;;11-6+;/t;2*13-;;/m.10../s1. The topological polar surface area (TPSA) is 252 Å². The summed E-state index contributed by atoms with van der Waals surface area (Å²) in [5, 5.41) is 6.48. The van der Waals surface area contributed by atoms with Crippen molar-refractivity contribution < 1.29 is 32.9 Å². The van der Waals surface area contributed by atoms with Gasteiger partial charge in [0, 0.05) is 180 Å². The second kappa shape index (κ2) is 37.3. The zero-order valence-electron chi connectivity index (χ0n) is 74.4. The number of hydrogen-bond acceptors (Lipinski definition) is 13. The monoisotopic (exact) mass is 1760 g/mol. The number of amides is 5. The third-order valence-electron chi connectivity index (χ3n) is 26.0. The van der Waals surface area contributed by atoms with E-state index in [2.05, 4.69) is 190 Å². The van der Waals surface area contributed by atoms with Gasteiger partial charge in [0.25, 0.3) is 5.91 Å². The minimum Gasteiger partial charge on any atom is -0.497 e. The summed E-state index contributed by atoms with van der Waals surface area (Å²) in [6.07, 6.45) is 15.3. The molecule has 131 heavy (non-hydrogen) atoms. The predicted octanol–water partition coefficient (Wildman–Crippen LogP) is 18.4. The van der Waals surface area contributed by atoms with Gasteiger partial charge >= 0.3 is 0 Å². The molecular formula is C108H105N15O7S. The number of methoxy groups -OCH3 is 1. The Kier molecular flexibility index (Phi) is 24.5. The largest absolute Gasteiger partial charge is 0.497 e. The molecule has 4 N–H and O–H groups in total. The number of aromatic nitrogens is 3. The van der Waals surface area contributed by atoms with E-state index in [4.69, 9.17) is 19.7 Å². The van der Waals surface area contributed by atoms with Crippen LogP contribution in [0.2, 0.25) is 0 Å². The molecule has 5 fully saturated rings. The number of benzene rings is 10. The van der Waals surface area contributed by atoms with E-state index in [-0.39, 0.29) is 41.6 Å². The van der Waals surface area contributed by atoms with Crippen LogP contribution in [0.25, 0.3) is 44.9 Å². The van der Waals surface area contributed by atoms with Gasteiger partial charge in [-0.2, -0.15) is 0 Å². The highest BCUT2D eigenvalue weighted by Gasteiger charge is 2.35. The Morgan fingerprint density at radius 2 is 0.840 bits per heavy atom. The number of rotatable bonds is 17. The molecule has 0 saturated carbocycles. The molecule has 22 nitrogen and oxygen atoms in total. The molecule has 5 saturated heterocycles. The lowest BCUT2D eigenvalue weighted by Gasteiger charge is -2.22. The molecule has 10 aliphatic heterocycles. The van der Waals surface area contributed by atoms with Crippen molar-refractivity contribution in [3.8, 4) is 5.75 Å². The third-order valence-corrected chi connectivity index (χ3v) is 28.1. The number of carbonyl (C=O) groups is 5. The molecular weight excluding hydrogens is 1650 g/mol. The van der Waals surface area contributed by atoms with E-state index in [0.717, 1.165) is 194 Å². The Hall–Kier alpha value is -14.4. The van der Waals surface area contributed by atoms with Crippen LogP contribution in [-0.4, -0.2) is 160 Å². The third kappa shape index (κ3) is 18.3. The van der Waals surface area contributed by atoms with Gasteiger partial charge in [-0.05, 0) is 238 Å². The minimum atomic E-state index is -2.17. The quantitative estimate of drug-likeness (QED) is 0.0636. The Morgan fingerprint density at radius 1 is 0.450 bits per heavy atom.